The molecule has 2 aromatic carbocycles. The number of carbonyl (C=O) groups excluding carboxylic acids is 1. The first-order valence-electron chi connectivity index (χ1n) is 13.1. The summed E-state index contributed by atoms with van der Waals surface area (Å²) in [6.45, 7) is 4.64. The number of ether oxygens (including phenoxy) is 2. The van der Waals surface area contributed by atoms with E-state index in [2.05, 4.69) is 0 Å². The van der Waals surface area contributed by atoms with Gasteiger partial charge in [-0.2, -0.15) is 4.31 Å². The van der Waals surface area contributed by atoms with Crippen LogP contribution < -0.4 is 14.4 Å². The lowest BCUT2D eigenvalue weighted by Crippen LogP contribution is -2.43. The number of sulfonamides is 1. The zero-order valence-corrected chi connectivity index (χ0v) is 24.9. The Bertz CT molecular complexity index is 1370. The third kappa shape index (κ3) is 6.17. The highest BCUT2D eigenvalue weighted by Gasteiger charge is 2.33. The van der Waals surface area contributed by atoms with Crippen molar-refractivity contribution in [2.45, 2.75) is 43.5 Å². The fourth-order valence-electron chi connectivity index (χ4n) is 4.91. The molecule has 0 aliphatic carbocycles. The van der Waals surface area contributed by atoms with E-state index in [1.165, 1.54) is 11.3 Å². The number of carbonyl (C=O) groups is 1. The number of thiazole rings is 1. The number of aromatic nitrogens is 1. The van der Waals surface area contributed by atoms with Gasteiger partial charge in [-0.3, -0.25) is 9.69 Å². The van der Waals surface area contributed by atoms with Crippen LogP contribution in [0.15, 0.2) is 41.3 Å². The number of fused-ring (bicyclic) bond motifs is 2. The number of nitrogens with zero attached hydrogens (tertiary/aromatic N) is 4. The van der Waals surface area contributed by atoms with Gasteiger partial charge < -0.3 is 14.4 Å². The molecule has 2 aliphatic heterocycles. The van der Waals surface area contributed by atoms with Gasteiger partial charge in [0.25, 0.3) is 5.91 Å². The first-order chi connectivity index (χ1) is 18.3. The zero-order chi connectivity index (χ0) is 26.9. The fraction of sp³-hybridized carbons (Fsp3) is 0.481. The van der Waals surface area contributed by atoms with Crippen molar-refractivity contribution in [2.75, 3.05) is 51.8 Å². The Kier molecular flexibility index (Phi) is 9.38. The highest BCUT2D eigenvalue weighted by atomic mass is 35.5. The number of hydrogen-bond donors (Lipinski definition) is 0. The Balaban J connectivity index is 0.00000353. The quantitative estimate of drug-likeness (QED) is 0.375. The van der Waals surface area contributed by atoms with Gasteiger partial charge in [-0.05, 0) is 57.6 Å². The van der Waals surface area contributed by atoms with E-state index in [0.29, 0.717) is 55.0 Å². The van der Waals surface area contributed by atoms with Crippen LogP contribution in [0, 0.1) is 0 Å². The molecule has 2 aliphatic rings. The number of halogens is 1. The second-order valence-electron chi connectivity index (χ2n) is 9.92. The lowest BCUT2D eigenvalue weighted by molar-refractivity contribution is 0.0985. The van der Waals surface area contributed by atoms with E-state index in [9.17, 15) is 13.2 Å². The van der Waals surface area contributed by atoms with E-state index < -0.39 is 10.0 Å². The topological polar surface area (TPSA) is 92.3 Å². The number of benzene rings is 2. The molecule has 0 N–H and O–H groups in total. The number of likely N-dealkylation sites (N-methyl/N-ethyl adjacent to an activating group) is 1. The molecule has 5 rings (SSSR count). The molecular weight excluding hydrogens is 560 g/mol. The molecule has 0 saturated carbocycles. The van der Waals surface area contributed by atoms with Crippen LogP contribution in [0.5, 0.6) is 11.5 Å². The van der Waals surface area contributed by atoms with Gasteiger partial charge in [0.2, 0.25) is 10.0 Å². The van der Waals surface area contributed by atoms with Crippen LogP contribution in [0.1, 0.15) is 43.0 Å². The SMILES string of the molecule is CCC1CCCCN1S(=O)(=O)c1ccc(C(=O)N(CCN(C)C)c2nc3cc4c(cc3s2)OCCO4)cc1.Cl. The van der Waals surface area contributed by atoms with E-state index in [4.69, 9.17) is 14.5 Å². The maximum atomic E-state index is 13.7. The van der Waals surface area contributed by atoms with Crippen LogP contribution in [-0.2, 0) is 10.0 Å². The summed E-state index contributed by atoms with van der Waals surface area (Å²) in [5.41, 5.74) is 1.16. The predicted molar refractivity (Wildman–Crippen MR) is 156 cm³/mol. The second kappa shape index (κ2) is 12.4. The van der Waals surface area contributed by atoms with Crippen molar-refractivity contribution in [3.8, 4) is 11.5 Å². The Hall–Kier alpha value is -2.44. The summed E-state index contributed by atoms with van der Waals surface area (Å²) in [4.78, 5) is 22.4. The van der Waals surface area contributed by atoms with Crippen molar-refractivity contribution in [1.29, 1.82) is 0 Å². The largest absolute Gasteiger partial charge is 0.486 e. The van der Waals surface area contributed by atoms with Crippen LogP contribution >= 0.6 is 23.7 Å². The average Bonchev–Trinajstić information content (AvgIpc) is 3.33. The van der Waals surface area contributed by atoms with Gasteiger partial charge in [0, 0.05) is 43.4 Å². The Morgan fingerprint density at radius 2 is 1.77 bits per heavy atom. The molecule has 0 bridgehead atoms. The Morgan fingerprint density at radius 1 is 1.08 bits per heavy atom. The van der Waals surface area contributed by atoms with Crippen molar-refractivity contribution in [3.63, 3.8) is 0 Å². The zero-order valence-electron chi connectivity index (χ0n) is 22.5. The number of amides is 1. The maximum Gasteiger partial charge on any atom is 0.260 e. The van der Waals surface area contributed by atoms with Crippen LogP contribution in [0.3, 0.4) is 0 Å². The number of hydrogen-bond acceptors (Lipinski definition) is 8. The predicted octanol–water partition coefficient (Wildman–Crippen LogP) is 4.65. The van der Waals surface area contributed by atoms with Gasteiger partial charge in [0.1, 0.15) is 13.2 Å². The van der Waals surface area contributed by atoms with Gasteiger partial charge >= 0.3 is 0 Å². The highest BCUT2D eigenvalue weighted by molar-refractivity contribution is 7.89. The highest BCUT2D eigenvalue weighted by Crippen LogP contribution is 2.39. The van der Waals surface area contributed by atoms with Crippen LogP contribution in [0.2, 0.25) is 0 Å². The van der Waals surface area contributed by atoms with Gasteiger partial charge in [0.15, 0.2) is 16.6 Å². The van der Waals surface area contributed by atoms with E-state index in [0.717, 1.165) is 35.9 Å². The van der Waals surface area contributed by atoms with E-state index in [-0.39, 0.29) is 29.3 Å². The molecule has 9 nitrogen and oxygen atoms in total. The first-order valence-corrected chi connectivity index (χ1v) is 15.3. The Morgan fingerprint density at radius 3 is 2.44 bits per heavy atom. The smallest absolute Gasteiger partial charge is 0.260 e. The third-order valence-corrected chi connectivity index (χ3v) is 10.0. The number of rotatable bonds is 8. The molecular formula is C27H35ClN4O5S2. The molecule has 12 heteroatoms. The molecule has 1 aromatic heterocycles. The molecule has 39 heavy (non-hydrogen) atoms. The molecule has 0 spiro atoms. The molecule has 1 unspecified atom stereocenters. The fourth-order valence-corrected chi connectivity index (χ4v) is 7.68. The van der Waals surface area contributed by atoms with Gasteiger partial charge in [0.05, 0.1) is 15.1 Å². The van der Waals surface area contributed by atoms with Crippen LogP contribution in [-0.4, -0.2) is 81.5 Å². The summed E-state index contributed by atoms with van der Waals surface area (Å²) in [5, 5.41) is 0.574. The summed E-state index contributed by atoms with van der Waals surface area (Å²) in [6, 6.07) is 10.1. The van der Waals surface area contributed by atoms with Crippen molar-refractivity contribution in [1.82, 2.24) is 14.2 Å². The standard InChI is InChI=1S/C27H34N4O5S2.ClH/c1-4-20-7-5-6-12-31(20)38(33,34)21-10-8-19(9-11-21)26(32)30(14-13-29(2)3)27-28-22-17-23-24(18-25(22)37-27)36-16-15-35-23;/h8-11,17-18,20H,4-7,12-16H2,1-3H3;1H. The molecule has 212 valence electrons. The number of piperidine rings is 1. The lowest BCUT2D eigenvalue weighted by Gasteiger charge is -2.34. The first kappa shape index (κ1) is 29.5. The normalized spacial score (nSPS) is 17.7. The minimum atomic E-state index is -3.62. The van der Waals surface area contributed by atoms with Crippen LogP contribution in [0.4, 0.5) is 5.13 Å². The molecule has 1 saturated heterocycles. The second-order valence-corrected chi connectivity index (χ2v) is 12.8. The van der Waals surface area contributed by atoms with Crippen LogP contribution in [0.25, 0.3) is 10.2 Å². The molecule has 3 heterocycles. The Labute approximate surface area is 240 Å². The van der Waals surface area contributed by atoms with Crippen molar-refractivity contribution >= 4 is 55.0 Å². The average molecular weight is 595 g/mol. The third-order valence-electron chi connectivity index (χ3n) is 7.04. The number of anilines is 1. The molecule has 0 radical (unpaired) electrons. The van der Waals surface area contributed by atoms with Crippen molar-refractivity contribution < 1.29 is 22.7 Å². The summed E-state index contributed by atoms with van der Waals surface area (Å²) in [7, 11) is 0.286. The molecule has 3 aromatic rings. The molecule has 1 amide bonds. The summed E-state index contributed by atoms with van der Waals surface area (Å²) < 4.78 is 40.7. The van der Waals surface area contributed by atoms with Gasteiger partial charge in [-0.1, -0.05) is 24.7 Å². The van der Waals surface area contributed by atoms with E-state index in [1.807, 2.05) is 38.1 Å². The summed E-state index contributed by atoms with van der Waals surface area (Å²) >= 11 is 1.42. The van der Waals surface area contributed by atoms with Crippen molar-refractivity contribution in [2.24, 2.45) is 0 Å². The molecule has 1 atom stereocenters. The maximum absolute atomic E-state index is 13.7. The van der Waals surface area contributed by atoms with Gasteiger partial charge in [-0.15, -0.1) is 12.4 Å². The minimum absolute atomic E-state index is 0. The van der Waals surface area contributed by atoms with E-state index in [1.54, 1.807) is 33.5 Å². The monoisotopic (exact) mass is 594 g/mol. The molecule has 1 fully saturated rings. The van der Waals surface area contributed by atoms with Crippen molar-refractivity contribution in [3.05, 3.63) is 42.0 Å². The van der Waals surface area contributed by atoms with E-state index >= 15 is 0 Å². The van der Waals surface area contributed by atoms with Gasteiger partial charge in [-0.25, -0.2) is 13.4 Å². The summed E-state index contributed by atoms with van der Waals surface area (Å²) in [5.74, 6) is 1.11. The lowest BCUT2D eigenvalue weighted by atomic mass is 10.0. The summed E-state index contributed by atoms with van der Waals surface area (Å²) in [6.07, 6.45) is 3.60. The minimum Gasteiger partial charge on any atom is -0.486 e.